The minimum absolute atomic E-state index is 0.0163. The number of nitrogens with one attached hydrogen (secondary N) is 1. The lowest BCUT2D eigenvalue weighted by molar-refractivity contribution is 0.209. The number of rotatable bonds is 10. The van der Waals surface area contributed by atoms with E-state index in [4.69, 9.17) is 5.26 Å². The summed E-state index contributed by atoms with van der Waals surface area (Å²) < 4.78 is 0. The fourth-order valence-corrected chi connectivity index (χ4v) is 2.08. The quantitative estimate of drug-likeness (QED) is 0.608. The van der Waals surface area contributed by atoms with Gasteiger partial charge in [-0.2, -0.15) is 5.26 Å². The molecule has 0 saturated carbocycles. The predicted molar refractivity (Wildman–Crippen MR) is 78.5 cm³/mol. The van der Waals surface area contributed by atoms with Gasteiger partial charge in [-0.25, -0.2) is 0 Å². The first-order valence-electron chi connectivity index (χ1n) is 7.41. The van der Waals surface area contributed by atoms with Gasteiger partial charge in [0, 0.05) is 18.6 Å². The minimum atomic E-state index is -0.0163. The molecule has 0 aliphatic carbocycles. The molecule has 1 N–H and O–H groups in total. The molecule has 0 bridgehead atoms. The van der Waals surface area contributed by atoms with Gasteiger partial charge in [0.15, 0.2) is 0 Å². The molecule has 0 aromatic heterocycles. The maximum Gasteiger partial charge on any atom is 0.0967 e. The van der Waals surface area contributed by atoms with Gasteiger partial charge in [0.25, 0.3) is 0 Å². The second-order valence-electron chi connectivity index (χ2n) is 5.63. The minimum Gasteiger partial charge on any atom is -0.301 e. The molecule has 0 aliphatic rings. The second kappa shape index (κ2) is 10.3. The topological polar surface area (TPSA) is 39.1 Å². The second-order valence-corrected chi connectivity index (χ2v) is 5.63. The molecule has 0 aromatic carbocycles. The van der Waals surface area contributed by atoms with Crippen molar-refractivity contribution in [1.29, 1.82) is 5.26 Å². The highest BCUT2D eigenvalue weighted by Gasteiger charge is 2.13. The van der Waals surface area contributed by atoms with Crippen molar-refractivity contribution in [1.82, 2.24) is 10.2 Å². The Balaban J connectivity index is 4.04. The first-order valence-corrected chi connectivity index (χ1v) is 7.41. The van der Waals surface area contributed by atoms with E-state index in [-0.39, 0.29) is 6.04 Å². The zero-order valence-electron chi connectivity index (χ0n) is 12.9. The van der Waals surface area contributed by atoms with Crippen molar-refractivity contribution >= 4 is 0 Å². The summed E-state index contributed by atoms with van der Waals surface area (Å²) in [6, 6.07) is 3.29. The first kappa shape index (κ1) is 17.4. The number of nitrogens with zero attached hydrogens (tertiary/aromatic N) is 2. The highest BCUT2D eigenvalue weighted by Crippen LogP contribution is 2.06. The standard InChI is InChI=1S/C15H31N3/c1-6-7-8-10-18(14(4)5)11-9-15(12-16)17-13(2)3/h13-15,17H,6-11H2,1-5H3. The molecular weight excluding hydrogens is 222 g/mol. The summed E-state index contributed by atoms with van der Waals surface area (Å²) in [7, 11) is 0. The van der Waals surface area contributed by atoms with Crippen LogP contribution in [0.5, 0.6) is 0 Å². The highest BCUT2D eigenvalue weighted by atomic mass is 15.1. The Labute approximate surface area is 114 Å². The van der Waals surface area contributed by atoms with Crippen LogP contribution in [0.1, 0.15) is 60.3 Å². The van der Waals surface area contributed by atoms with Crippen molar-refractivity contribution in [3.8, 4) is 6.07 Å². The lowest BCUT2D eigenvalue weighted by atomic mass is 10.1. The van der Waals surface area contributed by atoms with Crippen molar-refractivity contribution in [2.24, 2.45) is 0 Å². The van der Waals surface area contributed by atoms with E-state index in [1.165, 1.54) is 19.3 Å². The van der Waals surface area contributed by atoms with Gasteiger partial charge in [0.05, 0.1) is 12.1 Å². The Kier molecular flexibility index (Phi) is 10.0. The molecular formula is C15H31N3. The Hall–Kier alpha value is -0.590. The Morgan fingerprint density at radius 3 is 2.22 bits per heavy atom. The zero-order chi connectivity index (χ0) is 14.0. The van der Waals surface area contributed by atoms with Crippen LogP contribution in [0.4, 0.5) is 0 Å². The van der Waals surface area contributed by atoms with Crippen LogP contribution in [0.3, 0.4) is 0 Å². The normalized spacial score (nSPS) is 13.3. The Morgan fingerprint density at radius 2 is 1.78 bits per heavy atom. The van der Waals surface area contributed by atoms with Crippen LogP contribution in [-0.4, -0.2) is 36.1 Å². The summed E-state index contributed by atoms with van der Waals surface area (Å²) in [5.41, 5.74) is 0. The van der Waals surface area contributed by atoms with Crippen LogP contribution in [0.2, 0.25) is 0 Å². The molecule has 0 saturated heterocycles. The molecule has 1 atom stereocenters. The molecule has 3 nitrogen and oxygen atoms in total. The summed E-state index contributed by atoms with van der Waals surface area (Å²) in [5, 5.41) is 12.4. The van der Waals surface area contributed by atoms with Gasteiger partial charge in [-0.3, -0.25) is 5.32 Å². The van der Waals surface area contributed by atoms with Crippen LogP contribution >= 0.6 is 0 Å². The van der Waals surface area contributed by atoms with Gasteiger partial charge >= 0.3 is 0 Å². The van der Waals surface area contributed by atoms with Crippen molar-refractivity contribution in [2.45, 2.75) is 78.4 Å². The van der Waals surface area contributed by atoms with E-state index in [9.17, 15) is 0 Å². The summed E-state index contributed by atoms with van der Waals surface area (Å²) in [5.74, 6) is 0. The molecule has 0 rings (SSSR count). The monoisotopic (exact) mass is 253 g/mol. The smallest absolute Gasteiger partial charge is 0.0967 e. The van der Waals surface area contributed by atoms with Crippen LogP contribution in [0.25, 0.3) is 0 Å². The third kappa shape index (κ3) is 8.49. The first-order chi connectivity index (χ1) is 8.51. The third-order valence-electron chi connectivity index (χ3n) is 3.17. The van der Waals surface area contributed by atoms with Crippen LogP contribution in [0.15, 0.2) is 0 Å². The van der Waals surface area contributed by atoms with Crippen molar-refractivity contribution in [3.63, 3.8) is 0 Å². The lowest BCUT2D eigenvalue weighted by Crippen LogP contribution is -2.39. The van der Waals surface area contributed by atoms with E-state index < -0.39 is 0 Å². The van der Waals surface area contributed by atoms with Crippen LogP contribution in [0, 0.1) is 11.3 Å². The van der Waals surface area contributed by atoms with Gasteiger partial charge in [-0.1, -0.05) is 19.8 Å². The van der Waals surface area contributed by atoms with E-state index >= 15 is 0 Å². The predicted octanol–water partition coefficient (Wildman–Crippen LogP) is 3.17. The lowest BCUT2D eigenvalue weighted by Gasteiger charge is -2.27. The van der Waals surface area contributed by atoms with Gasteiger partial charge in [-0.15, -0.1) is 0 Å². The van der Waals surface area contributed by atoms with Crippen LogP contribution in [-0.2, 0) is 0 Å². The molecule has 3 heteroatoms. The average molecular weight is 253 g/mol. The molecule has 18 heavy (non-hydrogen) atoms. The van der Waals surface area contributed by atoms with Gasteiger partial charge < -0.3 is 4.90 Å². The van der Waals surface area contributed by atoms with Crippen molar-refractivity contribution < 1.29 is 0 Å². The van der Waals surface area contributed by atoms with E-state index in [0.29, 0.717) is 12.1 Å². The Morgan fingerprint density at radius 1 is 1.11 bits per heavy atom. The molecule has 0 amide bonds. The third-order valence-corrected chi connectivity index (χ3v) is 3.17. The summed E-state index contributed by atoms with van der Waals surface area (Å²) in [4.78, 5) is 2.49. The zero-order valence-corrected chi connectivity index (χ0v) is 12.9. The van der Waals surface area contributed by atoms with Gasteiger partial charge in [0.1, 0.15) is 0 Å². The number of hydrogen-bond acceptors (Lipinski definition) is 3. The molecule has 1 unspecified atom stereocenters. The maximum absolute atomic E-state index is 9.11. The number of unbranched alkanes of at least 4 members (excludes halogenated alkanes) is 2. The molecule has 0 spiro atoms. The molecule has 0 fully saturated rings. The summed E-state index contributed by atoms with van der Waals surface area (Å²) >= 11 is 0. The van der Waals surface area contributed by atoms with E-state index in [2.05, 4.69) is 50.9 Å². The van der Waals surface area contributed by atoms with Crippen molar-refractivity contribution in [2.75, 3.05) is 13.1 Å². The van der Waals surface area contributed by atoms with E-state index in [1.807, 2.05) is 0 Å². The molecule has 0 aromatic rings. The number of hydrogen-bond donors (Lipinski definition) is 1. The fraction of sp³-hybridized carbons (Fsp3) is 0.933. The van der Waals surface area contributed by atoms with Crippen molar-refractivity contribution in [3.05, 3.63) is 0 Å². The van der Waals surface area contributed by atoms with Gasteiger partial charge in [0.2, 0.25) is 0 Å². The highest BCUT2D eigenvalue weighted by molar-refractivity contribution is 4.91. The number of nitriles is 1. The average Bonchev–Trinajstić information content (AvgIpc) is 2.30. The molecule has 106 valence electrons. The van der Waals surface area contributed by atoms with Gasteiger partial charge in [-0.05, 0) is 47.1 Å². The maximum atomic E-state index is 9.11. The molecule has 0 heterocycles. The SMILES string of the molecule is CCCCCN(CCC(C#N)NC(C)C)C(C)C. The van der Waals surface area contributed by atoms with E-state index in [1.54, 1.807) is 0 Å². The Bertz CT molecular complexity index is 230. The summed E-state index contributed by atoms with van der Waals surface area (Å²) in [6.45, 7) is 13.1. The van der Waals surface area contributed by atoms with Crippen LogP contribution < -0.4 is 5.32 Å². The summed E-state index contributed by atoms with van der Waals surface area (Å²) in [6.07, 6.45) is 4.75. The molecule has 0 aliphatic heterocycles. The largest absolute Gasteiger partial charge is 0.301 e. The molecule has 0 radical (unpaired) electrons. The van der Waals surface area contributed by atoms with E-state index in [0.717, 1.165) is 19.5 Å². The fourth-order valence-electron chi connectivity index (χ4n) is 2.08.